The van der Waals surface area contributed by atoms with Crippen LogP contribution in [0.2, 0.25) is 0 Å². The van der Waals surface area contributed by atoms with E-state index in [2.05, 4.69) is 15.6 Å². The van der Waals surface area contributed by atoms with Crippen molar-refractivity contribution >= 4 is 23.4 Å². The van der Waals surface area contributed by atoms with Gasteiger partial charge in [0.25, 0.3) is 0 Å². The lowest BCUT2D eigenvalue weighted by atomic mass is 10.2. The molecule has 21 heavy (non-hydrogen) atoms. The van der Waals surface area contributed by atoms with Crippen LogP contribution in [0, 0.1) is 0 Å². The number of hydrogen-bond donors (Lipinski definition) is 2. The predicted molar refractivity (Wildman–Crippen MR) is 82.0 cm³/mol. The number of aromatic nitrogens is 1. The fourth-order valence-electron chi connectivity index (χ4n) is 2.60. The molecule has 2 unspecified atom stereocenters. The molecule has 0 saturated heterocycles. The summed E-state index contributed by atoms with van der Waals surface area (Å²) in [6.45, 7) is 2.36. The second kappa shape index (κ2) is 6.77. The van der Waals surface area contributed by atoms with E-state index in [0.29, 0.717) is 17.6 Å². The molecule has 2 atom stereocenters. The van der Waals surface area contributed by atoms with E-state index in [1.165, 1.54) is 0 Å². The molecule has 1 fully saturated rings. The maximum atomic E-state index is 13.0. The first-order valence-corrected chi connectivity index (χ1v) is 8.35. The predicted octanol–water partition coefficient (Wildman–Crippen LogP) is 4.23. The summed E-state index contributed by atoms with van der Waals surface area (Å²) in [6.07, 6.45) is 0.840. The van der Waals surface area contributed by atoms with Gasteiger partial charge in [0.05, 0.1) is 5.56 Å². The van der Waals surface area contributed by atoms with Crippen LogP contribution in [0.5, 0.6) is 0 Å². The molecule has 0 aliphatic heterocycles. The zero-order valence-corrected chi connectivity index (χ0v) is 12.9. The average molecular weight is 319 g/mol. The highest BCUT2D eigenvalue weighted by molar-refractivity contribution is 7.99. The molecule has 1 saturated carbocycles. The first-order valence-electron chi connectivity index (χ1n) is 7.06. The summed E-state index contributed by atoms with van der Waals surface area (Å²) >= 11 is 1.76. The minimum absolute atomic E-state index is 0.186. The highest BCUT2D eigenvalue weighted by Gasteiger charge is 2.32. The third-order valence-electron chi connectivity index (χ3n) is 3.60. The van der Waals surface area contributed by atoms with Crippen molar-refractivity contribution in [3.63, 3.8) is 0 Å². The van der Waals surface area contributed by atoms with Crippen LogP contribution >= 0.6 is 11.8 Å². The van der Waals surface area contributed by atoms with Gasteiger partial charge in [-0.1, -0.05) is 6.42 Å². The zero-order valence-electron chi connectivity index (χ0n) is 12.1. The fourth-order valence-corrected chi connectivity index (χ4v) is 3.54. The van der Waals surface area contributed by atoms with Crippen LogP contribution in [0.4, 0.5) is 24.8 Å². The lowest BCUT2D eigenvalue weighted by Crippen LogP contribution is -2.26. The average Bonchev–Trinajstić information content (AvgIpc) is 2.85. The molecular formula is C14H20F3N3S. The SMILES string of the molecule is CCNc1cc(C(F)(F)F)cc(NC2CCCC2SC)n1. The van der Waals surface area contributed by atoms with Gasteiger partial charge in [-0.25, -0.2) is 4.98 Å². The maximum Gasteiger partial charge on any atom is 0.416 e. The highest BCUT2D eigenvalue weighted by Crippen LogP contribution is 2.34. The van der Waals surface area contributed by atoms with Crippen molar-refractivity contribution in [3.05, 3.63) is 17.7 Å². The van der Waals surface area contributed by atoms with Gasteiger partial charge >= 0.3 is 6.18 Å². The summed E-state index contributed by atoms with van der Waals surface area (Å²) in [5.74, 6) is 0.556. The van der Waals surface area contributed by atoms with Gasteiger partial charge in [-0.05, 0) is 38.2 Å². The number of nitrogens with zero attached hydrogens (tertiary/aromatic N) is 1. The summed E-state index contributed by atoms with van der Waals surface area (Å²) < 4.78 is 38.9. The van der Waals surface area contributed by atoms with Crippen molar-refractivity contribution in [2.75, 3.05) is 23.4 Å². The van der Waals surface area contributed by atoms with Crippen molar-refractivity contribution in [3.8, 4) is 0 Å². The Labute approximate surface area is 127 Å². The summed E-state index contributed by atoms with van der Waals surface area (Å²) in [5, 5.41) is 6.47. The molecule has 2 rings (SSSR count). The van der Waals surface area contributed by atoms with E-state index in [0.717, 1.165) is 31.4 Å². The molecule has 1 aromatic heterocycles. The zero-order chi connectivity index (χ0) is 15.5. The third kappa shape index (κ3) is 4.18. The molecule has 0 aromatic carbocycles. The number of pyridine rings is 1. The van der Waals surface area contributed by atoms with Crippen molar-refractivity contribution < 1.29 is 13.2 Å². The van der Waals surface area contributed by atoms with Crippen LogP contribution in [-0.2, 0) is 6.18 Å². The number of thioether (sulfide) groups is 1. The molecule has 0 bridgehead atoms. The van der Waals surface area contributed by atoms with Gasteiger partial charge in [0.2, 0.25) is 0 Å². The van der Waals surface area contributed by atoms with E-state index < -0.39 is 11.7 Å². The number of anilines is 2. The first-order chi connectivity index (χ1) is 9.94. The Bertz CT molecular complexity index is 479. The van der Waals surface area contributed by atoms with Crippen molar-refractivity contribution in [2.45, 2.75) is 43.7 Å². The van der Waals surface area contributed by atoms with Crippen LogP contribution in [0.3, 0.4) is 0 Å². The molecule has 7 heteroatoms. The van der Waals surface area contributed by atoms with Gasteiger partial charge in [-0.3, -0.25) is 0 Å². The van der Waals surface area contributed by atoms with E-state index >= 15 is 0 Å². The van der Waals surface area contributed by atoms with E-state index in [1.54, 1.807) is 11.8 Å². The van der Waals surface area contributed by atoms with Gasteiger partial charge in [-0.2, -0.15) is 24.9 Å². The van der Waals surface area contributed by atoms with Crippen molar-refractivity contribution in [1.82, 2.24) is 4.98 Å². The molecule has 1 aliphatic carbocycles. The summed E-state index contributed by atoms with van der Waals surface area (Å²) in [6, 6.07) is 2.33. The lowest BCUT2D eigenvalue weighted by molar-refractivity contribution is -0.137. The molecule has 118 valence electrons. The summed E-state index contributed by atoms with van der Waals surface area (Å²) in [5.41, 5.74) is -0.672. The minimum atomic E-state index is -4.36. The Hall–Kier alpha value is -1.11. The molecule has 1 aliphatic rings. The monoisotopic (exact) mass is 319 g/mol. The normalized spacial score (nSPS) is 22.3. The molecule has 1 aromatic rings. The van der Waals surface area contributed by atoms with Crippen LogP contribution < -0.4 is 10.6 Å². The topological polar surface area (TPSA) is 37.0 Å². The quantitative estimate of drug-likeness (QED) is 0.852. The maximum absolute atomic E-state index is 13.0. The summed E-state index contributed by atoms with van der Waals surface area (Å²) in [7, 11) is 0. The number of hydrogen-bond acceptors (Lipinski definition) is 4. The third-order valence-corrected chi connectivity index (χ3v) is 4.77. The number of rotatable bonds is 5. The smallest absolute Gasteiger partial charge is 0.370 e. The van der Waals surface area contributed by atoms with Crippen molar-refractivity contribution in [2.24, 2.45) is 0 Å². The number of alkyl halides is 3. The molecular weight excluding hydrogens is 299 g/mol. The van der Waals surface area contributed by atoms with E-state index in [-0.39, 0.29) is 11.9 Å². The van der Waals surface area contributed by atoms with E-state index in [4.69, 9.17) is 0 Å². The van der Waals surface area contributed by atoms with Gasteiger partial charge in [0, 0.05) is 17.8 Å². The Balaban J connectivity index is 2.23. The Morgan fingerprint density at radius 3 is 2.62 bits per heavy atom. The van der Waals surface area contributed by atoms with Crippen LogP contribution in [-0.4, -0.2) is 29.1 Å². The lowest BCUT2D eigenvalue weighted by Gasteiger charge is -2.21. The summed E-state index contributed by atoms with van der Waals surface area (Å²) in [4.78, 5) is 4.24. The standard InChI is InChI=1S/C14H20F3N3S/c1-3-18-12-7-9(14(15,16)17)8-13(20-12)19-10-5-4-6-11(10)21-2/h7-8,10-11H,3-6H2,1-2H3,(H2,18,19,20). The van der Waals surface area contributed by atoms with Gasteiger partial charge in [0.1, 0.15) is 11.6 Å². The van der Waals surface area contributed by atoms with Gasteiger partial charge in [0.15, 0.2) is 0 Å². The Morgan fingerprint density at radius 2 is 2.00 bits per heavy atom. The second-order valence-corrected chi connectivity index (χ2v) is 6.19. The van der Waals surface area contributed by atoms with E-state index in [9.17, 15) is 13.2 Å². The van der Waals surface area contributed by atoms with Gasteiger partial charge in [-0.15, -0.1) is 0 Å². The Morgan fingerprint density at radius 1 is 1.29 bits per heavy atom. The molecule has 3 nitrogen and oxygen atoms in total. The van der Waals surface area contributed by atoms with Crippen LogP contribution in [0.1, 0.15) is 31.7 Å². The fraction of sp³-hybridized carbons (Fsp3) is 0.643. The highest BCUT2D eigenvalue weighted by atomic mass is 32.2. The Kier molecular flexibility index (Phi) is 5.24. The molecule has 0 amide bonds. The molecule has 0 spiro atoms. The largest absolute Gasteiger partial charge is 0.416 e. The molecule has 1 heterocycles. The number of halogens is 3. The van der Waals surface area contributed by atoms with Crippen LogP contribution in [0.25, 0.3) is 0 Å². The van der Waals surface area contributed by atoms with Crippen LogP contribution in [0.15, 0.2) is 12.1 Å². The van der Waals surface area contributed by atoms with E-state index in [1.807, 2.05) is 13.2 Å². The molecule has 0 radical (unpaired) electrons. The minimum Gasteiger partial charge on any atom is -0.370 e. The molecule has 2 N–H and O–H groups in total. The second-order valence-electron chi connectivity index (χ2n) is 5.11. The first kappa shape index (κ1) is 16.3. The van der Waals surface area contributed by atoms with Crippen molar-refractivity contribution in [1.29, 1.82) is 0 Å². The number of nitrogens with one attached hydrogen (secondary N) is 2. The van der Waals surface area contributed by atoms with Gasteiger partial charge < -0.3 is 10.6 Å².